The number of benzene rings is 2. The van der Waals surface area contributed by atoms with E-state index >= 15 is 0 Å². The van der Waals surface area contributed by atoms with Crippen LogP contribution in [0.4, 0.5) is 0 Å². The highest BCUT2D eigenvalue weighted by molar-refractivity contribution is 6.00. The Hall–Kier alpha value is -3.16. The van der Waals surface area contributed by atoms with Gasteiger partial charge in [-0.1, -0.05) is 32.0 Å². The summed E-state index contributed by atoms with van der Waals surface area (Å²) in [5.41, 5.74) is 2.96. The minimum atomic E-state index is -0.123. The zero-order chi connectivity index (χ0) is 23.2. The van der Waals surface area contributed by atoms with Gasteiger partial charge in [0, 0.05) is 37.4 Å². The van der Waals surface area contributed by atoms with Gasteiger partial charge in [-0.25, -0.2) is 4.68 Å². The van der Waals surface area contributed by atoms with Crippen LogP contribution in [0, 0.1) is 5.92 Å². The number of aromatic nitrogens is 2. The van der Waals surface area contributed by atoms with Crippen LogP contribution in [0.2, 0.25) is 0 Å². The molecule has 1 aliphatic heterocycles. The van der Waals surface area contributed by atoms with Crippen molar-refractivity contribution in [1.82, 2.24) is 20.0 Å². The lowest BCUT2D eigenvalue weighted by Gasteiger charge is -2.36. The smallest absolute Gasteiger partial charge is 0.255 e. The molecule has 4 rings (SSSR count). The average molecular weight is 449 g/mol. The molecule has 0 unspecified atom stereocenters. The molecule has 0 aliphatic carbocycles. The van der Waals surface area contributed by atoms with Gasteiger partial charge in [-0.05, 0) is 42.3 Å². The summed E-state index contributed by atoms with van der Waals surface area (Å²) >= 11 is 0. The lowest BCUT2D eigenvalue weighted by Crippen LogP contribution is -2.51. The van der Waals surface area contributed by atoms with E-state index < -0.39 is 0 Å². The third kappa shape index (κ3) is 5.43. The lowest BCUT2D eigenvalue weighted by molar-refractivity contribution is 0.00673. The molecule has 174 valence electrons. The molecule has 7 nitrogen and oxygen atoms in total. The predicted octanol–water partition coefficient (Wildman–Crippen LogP) is 3.63. The first-order valence-corrected chi connectivity index (χ1v) is 11.5. The van der Waals surface area contributed by atoms with Crippen molar-refractivity contribution in [2.24, 2.45) is 5.92 Å². The number of carbonyl (C=O) groups is 1. The SMILES string of the molecule is COc1ccc(-c2nn(-c3ccccc3)cc2C(=O)NC[C@H](C(C)C)N2CCOCC2)cc1. The summed E-state index contributed by atoms with van der Waals surface area (Å²) in [5.74, 6) is 1.05. The topological polar surface area (TPSA) is 68.6 Å². The van der Waals surface area contributed by atoms with E-state index in [2.05, 4.69) is 24.1 Å². The molecule has 0 bridgehead atoms. The second-order valence-electron chi connectivity index (χ2n) is 8.57. The zero-order valence-electron chi connectivity index (χ0n) is 19.5. The number of amides is 1. The Morgan fingerprint density at radius 2 is 1.79 bits per heavy atom. The first-order valence-electron chi connectivity index (χ1n) is 11.5. The Morgan fingerprint density at radius 3 is 2.42 bits per heavy atom. The molecule has 0 spiro atoms. The summed E-state index contributed by atoms with van der Waals surface area (Å²) in [6, 6.07) is 17.7. The lowest BCUT2D eigenvalue weighted by atomic mass is 10.0. The number of hydrogen-bond donors (Lipinski definition) is 1. The van der Waals surface area contributed by atoms with E-state index in [-0.39, 0.29) is 11.9 Å². The van der Waals surface area contributed by atoms with E-state index in [4.69, 9.17) is 14.6 Å². The quantitative estimate of drug-likeness (QED) is 0.570. The Labute approximate surface area is 195 Å². The van der Waals surface area contributed by atoms with Crippen molar-refractivity contribution in [3.05, 3.63) is 66.4 Å². The van der Waals surface area contributed by atoms with Crippen LogP contribution in [0.5, 0.6) is 5.75 Å². The zero-order valence-corrected chi connectivity index (χ0v) is 19.5. The number of nitrogens with one attached hydrogen (secondary N) is 1. The molecule has 2 aromatic carbocycles. The summed E-state index contributed by atoms with van der Waals surface area (Å²) in [7, 11) is 1.64. The van der Waals surface area contributed by atoms with E-state index in [1.54, 1.807) is 11.8 Å². The Morgan fingerprint density at radius 1 is 1.09 bits per heavy atom. The van der Waals surface area contributed by atoms with E-state index in [1.165, 1.54) is 0 Å². The molecular formula is C26H32N4O3. The molecule has 7 heteroatoms. The van der Waals surface area contributed by atoms with Gasteiger partial charge in [0.15, 0.2) is 0 Å². The van der Waals surface area contributed by atoms with Crippen molar-refractivity contribution in [3.8, 4) is 22.7 Å². The number of ether oxygens (including phenoxy) is 2. The number of methoxy groups -OCH3 is 1. The van der Waals surface area contributed by atoms with Crippen molar-refractivity contribution in [1.29, 1.82) is 0 Å². The maximum Gasteiger partial charge on any atom is 0.255 e. The monoisotopic (exact) mass is 448 g/mol. The molecule has 1 aliphatic rings. The fourth-order valence-electron chi connectivity index (χ4n) is 4.20. The molecule has 1 N–H and O–H groups in total. The number of morpholine rings is 1. The summed E-state index contributed by atoms with van der Waals surface area (Å²) < 4.78 is 12.5. The van der Waals surface area contributed by atoms with E-state index in [1.807, 2.05) is 60.8 Å². The van der Waals surface area contributed by atoms with Gasteiger partial charge in [-0.2, -0.15) is 5.10 Å². The number of nitrogens with zero attached hydrogens (tertiary/aromatic N) is 3. The van der Waals surface area contributed by atoms with Gasteiger partial charge in [0.05, 0.1) is 31.6 Å². The summed E-state index contributed by atoms with van der Waals surface area (Å²) in [5, 5.41) is 7.94. The second-order valence-corrected chi connectivity index (χ2v) is 8.57. The van der Waals surface area contributed by atoms with Crippen LogP contribution in [0.1, 0.15) is 24.2 Å². The van der Waals surface area contributed by atoms with Crippen LogP contribution in [-0.2, 0) is 4.74 Å². The molecular weight excluding hydrogens is 416 g/mol. The van der Waals surface area contributed by atoms with Crippen LogP contribution in [0.15, 0.2) is 60.8 Å². The minimum Gasteiger partial charge on any atom is -0.497 e. The molecule has 2 heterocycles. The van der Waals surface area contributed by atoms with Crippen molar-refractivity contribution >= 4 is 5.91 Å². The van der Waals surface area contributed by atoms with Gasteiger partial charge in [-0.15, -0.1) is 0 Å². The molecule has 1 atom stereocenters. The predicted molar refractivity (Wildman–Crippen MR) is 129 cm³/mol. The van der Waals surface area contributed by atoms with Gasteiger partial charge >= 0.3 is 0 Å². The van der Waals surface area contributed by atoms with Crippen LogP contribution >= 0.6 is 0 Å². The van der Waals surface area contributed by atoms with Crippen molar-refractivity contribution in [2.45, 2.75) is 19.9 Å². The molecule has 0 saturated carbocycles. The van der Waals surface area contributed by atoms with Crippen LogP contribution in [0.3, 0.4) is 0 Å². The third-order valence-electron chi connectivity index (χ3n) is 6.10. The largest absolute Gasteiger partial charge is 0.497 e. The maximum absolute atomic E-state index is 13.4. The summed E-state index contributed by atoms with van der Waals surface area (Å²) in [6.07, 6.45) is 1.81. The first kappa shape index (κ1) is 23.0. The van der Waals surface area contributed by atoms with Gasteiger partial charge in [-0.3, -0.25) is 9.69 Å². The first-order chi connectivity index (χ1) is 16.1. The highest BCUT2D eigenvalue weighted by Gasteiger charge is 2.26. The van der Waals surface area contributed by atoms with Crippen LogP contribution in [-0.4, -0.2) is 66.6 Å². The molecule has 33 heavy (non-hydrogen) atoms. The molecule has 0 radical (unpaired) electrons. The Balaban J connectivity index is 1.60. The minimum absolute atomic E-state index is 0.123. The molecule has 1 aromatic heterocycles. The van der Waals surface area contributed by atoms with Crippen molar-refractivity contribution in [2.75, 3.05) is 40.0 Å². The normalized spacial score (nSPS) is 15.4. The van der Waals surface area contributed by atoms with Crippen LogP contribution in [0.25, 0.3) is 16.9 Å². The standard InChI is InChI=1S/C26H32N4O3/c1-19(2)24(29-13-15-33-16-14-29)17-27-26(31)23-18-30(21-7-5-4-6-8-21)28-25(23)20-9-11-22(32-3)12-10-20/h4-12,18-19,24H,13-17H2,1-3H3,(H,27,31)/t24-/m1/s1. The highest BCUT2D eigenvalue weighted by atomic mass is 16.5. The maximum atomic E-state index is 13.4. The molecule has 1 fully saturated rings. The summed E-state index contributed by atoms with van der Waals surface area (Å²) in [6.45, 7) is 8.23. The number of para-hydroxylation sites is 1. The number of hydrogen-bond acceptors (Lipinski definition) is 5. The summed E-state index contributed by atoms with van der Waals surface area (Å²) in [4.78, 5) is 15.8. The molecule has 1 amide bonds. The van der Waals surface area contributed by atoms with E-state index in [0.29, 0.717) is 23.7 Å². The van der Waals surface area contributed by atoms with E-state index in [0.717, 1.165) is 43.3 Å². The van der Waals surface area contributed by atoms with Crippen LogP contribution < -0.4 is 10.1 Å². The Bertz CT molecular complexity index is 1040. The fourth-order valence-corrected chi connectivity index (χ4v) is 4.20. The third-order valence-corrected chi connectivity index (χ3v) is 6.10. The Kier molecular flexibility index (Phi) is 7.42. The van der Waals surface area contributed by atoms with E-state index in [9.17, 15) is 4.79 Å². The fraction of sp³-hybridized carbons (Fsp3) is 0.385. The second kappa shape index (κ2) is 10.6. The number of carbonyl (C=O) groups excluding carboxylic acids is 1. The highest BCUT2D eigenvalue weighted by Crippen LogP contribution is 2.26. The van der Waals surface area contributed by atoms with Crippen molar-refractivity contribution in [3.63, 3.8) is 0 Å². The van der Waals surface area contributed by atoms with Gasteiger partial charge in [0.25, 0.3) is 5.91 Å². The van der Waals surface area contributed by atoms with Gasteiger partial charge < -0.3 is 14.8 Å². The number of rotatable bonds is 8. The molecule has 1 saturated heterocycles. The van der Waals surface area contributed by atoms with Gasteiger partial charge in [0.1, 0.15) is 11.4 Å². The average Bonchev–Trinajstić information content (AvgIpc) is 3.31. The van der Waals surface area contributed by atoms with Gasteiger partial charge in [0.2, 0.25) is 0 Å². The molecule has 3 aromatic rings. The van der Waals surface area contributed by atoms with Crippen molar-refractivity contribution < 1.29 is 14.3 Å².